The third-order valence-electron chi connectivity index (χ3n) is 3.09. The Balaban J connectivity index is 2.15. The first-order valence-electron chi connectivity index (χ1n) is 6.03. The summed E-state index contributed by atoms with van der Waals surface area (Å²) in [5.74, 6) is 0. The van der Waals surface area contributed by atoms with Crippen molar-refractivity contribution in [2.24, 2.45) is 5.73 Å². The number of halogens is 1. The van der Waals surface area contributed by atoms with Crippen molar-refractivity contribution >= 4 is 34.5 Å². The lowest BCUT2D eigenvalue weighted by atomic mass is 10.0. The Morgan fingerprint density at radius 3 is 3.00 bits per heavy atom. The van der Waals surface area contributed by atoms with E-state index in [1.165, 1.54) is 0 Å². The first-order valence-corrected chi connectivity index (χ1v) is 6.82. The summed E-state index contributed by atoms with van der Waals surface area (Å²) in [6, 6.07) is 5.96. The number of thiocarbonyl (C=S) groups is 1. The van der Waals surface area contributed by atoms with Crippen LogP contribution in [-0.4, -0.2) is 23.7 Å². The zero-order valence-corrected chi connectivity index (χ0v) is 11.9. The molecule has 18 heavy (non-hydrogen) atoms. The van der Waals surface area contributed by atoms with Crippen LogP contribution in [0.2, 0.25) is 5.02 Å². The van der Waals surface area contributed by atoms with Crippen molar-refractivity contribution in [3.63, 3.8) is 0 Å². The molecule has 0 spiro atoms. The number of nitrogens with one attached hydrogen (secondary N) is 1. The smallest absolute Gasteiger partial charge is 0.106 e. The Morgan fingerprint density at radius 1 is 1.56 bits per heavy atom. The molecule has 98 valence electrons. The molecule has 1 aromatic carbocycles. The van der Waals surface area contributed by atoms with Gasteiger partial charge in [-0.1, -0.05) is 23.8 Å². The van der Waals surface area contributed by atoms with Crippen LogP contribution >= 0.6 is 23.8 Å². The van der Waals surface area contributed by atoms with Crippen molar-refractivity contribution in [1.29, 1.82) is 0 Å². The minimum atomic E-state index is 0.289. The zero-order chi connectivity index (χ0) is 13.1. The summed E-state index contributed by atoms with van der Waals surface area (Å²) >= 11 is 11.0. The highest BCUT2D eigenvalue weighted by Gasteiger charge is 2.20. The Bertz CT molecular complexity index is 453. The Kier molecular flexibility index (Phi) is 4.43. The first-order chi connectivity index (χ1) is 8.56. The van der Waals surface area contributed by atoms with E-state index in [1.807, 2.05) is 12.1 Å². The summed E-state index contributed by atoms with van der Waals surface area (Å²) in [6.07, 6.45) is 2.26. The van der Waals surface area contributed by atoms with E-state index in [1.54, 1.807) is 6.07 Å². The Labute approximate surface area is 118 Å². The summed E-state index contributed by atoms with van der Waals surface area (Å²) in [5, 5.41) is 4.12. The predicted octanol–water partition coefficient (Wildman–Crippen LogP) is 2.95. The monoisotopic (exact) mass is 284 g/mol. The van der Waals surface area contributed by atoms with Gasteiger partial charge in [0.1, 0.15) is 4.99 Å². The molecular weight excluding hydrogens is 268 g/mol. The number of nitrogens with two attached hydrogens (primary N) is 1. The van der Waals surface area contributed by atoms with Crippen molar-refractivity contribution in [1.82, 2.24) is 0 Å². The summed E-state index contributed by atoms with van der Waals surface area (Å²) in [5.41, 5.74) is 7.48. The van der Waals surface area contributed by atoms with Crippen LogP contribution in [0.4, 0.5) is 5.69 Å². The lowest BCUT2D eigenvalue weighted by Crippen LogP contribution is -2.33. The van der Waals surface area contributed by atoms with Crippen molar-refractivity contribution < 1.29 is 4.74 Å². The SMILES string of the molecule is CC1CC(Nc2ccc(Cl)cc2C(N)=S)CCO1. The van der Waals surface area contributed by atoms with Gasteiger partial charge in [0, 0.05) is 28.9 Å². The molecule has 0 amide bonds. The molecule has 0 aromatic heterocycles. The molecule has 0 aliphatic carbocycles. The van der Waals surface area contributed by atoms with E-state index in [0.717, 1.165) is 30.7 Å². The van der Waals surface area contributed by atoms with E-state index in [9.17, 15) is 0 Å². The minimum absolute atomic E-state index is 0.289. The minimum Gasteiger partial charge on any atom is -0.389 e. The van der Waals surface area contributed by atoms with E-state index >= 15 is 0 Å². The highest BCUT2D eigenvalue weighted by Crippen LogP contribution is 2.24. The molecule has 1 saturated heterocycles. The molecule has 2 atom stereocenters. The molecule has 3 nitrogen and oxygen atoms in total. The van der Waals surface area contributed by atoms with E-state index < -0.39 is 0 Å². The molecule has 1 aromatic rings. The van der Waals surface area contributed by atoms with Gasteiger partial charge in [0.2, 0.25) is 0 Å². The van der Waals surface area contributed by atoms with Gasteiger partial charge in [-0.3, -0.25) is 0 Å². The third kappa shape index (κ3) is 3.34. The molecule has 2 unspecified atom stereocenters. The van der Waals surface area contributed by atoms with Crippen LogP contribution in [0.1, 0.15) is 25.3 Å². The first kappa shape index (κ1) is 13.6. The van der Waals surface area contributed by atoms with E-state index in [-0.39, 0.29) is 6.10 Å². The molecule has 5 heteroatoms. The quantitative estimate of drug-likeness (QED) is 0.838. The van der Waals surface area contributed by atoms with E-state index in [2.05, 4.69) is 12.2 Å². The lowest BCUT2D eigenvalue weighted by molar-refractivity contribution is 0.0232. The van der Waals surface area contributed by atoms with Gasteiger partial charge in [-0.2, -0.15) is 0 Å². The molecule has 0 saturated carbocycles. The van der Waals surface area contributed by atoms with Gasteiger partial charge < -0.3 is 15.8 Å². The predicted molar refractivity (Wildman–Crippen MR) is 79.4 cm³/mol. The van der Waals surface area contributed by atoms with Crippen molar-refractivity contribution in [3.8, 4) is 0 Å². The number of hydrogen-bond acceptors (Lipinski definition) is 3. The molecular formula is C13H17ClN2OS. The number of anilines is 1. The van der Waals surface area contributed by atoms with Crippen LogP contribution in [0.25, 0.3) is 0 Å². The summed E-state index contributed by atoms with van der Waals surface area (Å²) in [6.45, 7) is 2.87. The molecule has 1 fully saturated rings. The second-order valence-electron chi connectivity index (χ2n) is 4.60. The summed E-state index contributed by atoms with van der Waals surface area (Å²) in [4.78, 5) is 0.361. The molecule has 0 bridgehead atoms. The standard InChI is InChI=1S/C13H17ClN2OS/c1-8-6-10(4-5-17-8)16-12-3-2-9(14)7-11(12)13(15)18/h2-3,7-8,10,16H,4-6H2,1H3,(H2,15,18). The zero-order valence-electron chi connectivity index (χ0n) is 10.3. The van der Waals surface area contributed by atoms with Gasteiger partial charge in [0.15, 0.2) is 0 Å². The largest absolute Gasteiger partial charge is 0.389 e. The van der Waals surface area contributed by atoms with Crippen LogP contribution in [0.3, 0.4) is 0 Å². The number of hydrogen-bond donors (Lipinski definition) is 2. The van der Waals surface area contributed by atoms with Crippen LogP contribution < -0.4 is 11.1 Å². The molecule has 1 aliphatic rings. The van der Waals surface area contributed by atoms with Gasteiger partial charge in [-0.05, 0) is 38.0 Å². The number of benzene rings is 1. The molecule has 1 aliphatic heterocycles. The van der Waals surface area contributed by atoms with Crippen molar-refractivity contribution in [2.75, 3.05) is 11.9 Å². The normalized spacial score (nSPS) is 23.7. The average Bonchev–Trinajstić information content (AvgIpc) is 2.31. The second kappa shape index (κ2) is 5.87. The summed E-state index contributed by atoms with van der Waals surface area (Å²) < 4.78 is 5.53. The van der Waals surface area contributed by atoms with Crippen LogP contribution in [-0.2, 0) is 4.74 Å². The fraction of sp³-hybridized carbons (Fsp3) is 0.462. The highest BCUT2D eigenvalue weighted by molar-refractivity contribution is 7.80. The van der Waals surface area contributed by atoms with Crippen LogP contribution in [0.15, 0.2) is 18.2 Å². The molecule has 3 N–H and O–H groups in total. The van der Waals surface area contributed by atoms with Gasteiger partial charge in [0.05, 0.1) is 6.10 Å². The Morgan fingerprint density at radius 2 is 2.33 bits per heavy atom. The molecule has 2 rings (SSSR count). The average molecular weight is 285 g/mol. The van der Waals surface area contributed by atoms with Gasteiger partial charge in [-0.25, -0.2) is 0 Å². The maximum Gasteiger partial charge on any atom is 0.106 e. The van der Waals surface area contributed by atoms with E-state index in [4.69, 9.17) is 34.3 Å². The fourth-order valence-corrected chi connectivity index (χ4v) is 2.54. The Hall–Kier alpha value is -0.840. The maximum absolute atomic E-state index is 5.96. The van der Waals surface area contributed by atoms with E-state index in [0.29, 0.717) is 16.1 Å². The molecule has 1 heterocycles. The third-order valence-corrected chi connectivity index (χ3v) is 3.55. The maximum atomic E-state index is 5.96. The van der Waals surface area contributed by atoms with Crippen LogP contribution in [0, 0.1) is 0 Å². The van der Waals surface area contributed by atoms with Crippen LogP contribution in [0.5, 0.6) is 0 Å². The fourth-order valence-electron chi connectivity index (χ4n) is 2.20. The lowest BCUT2D eigenvalue weighted by Gasteiger charge is -2.29. The second-order valence-corrected chi connectivity index (χ2v) is 5.48. The highest BCUT2D eigenvalue weighted by atomic mass is 35.5. The van der Waals surface area contributed by atoms with Gasteiger partial charge in [0.25, 0.3) is 0 Å². The molecule has 0 radical (unpaired) electrons. The summed E-state index contributed by atoms with van der Waals surface area (Å²) in [7, 11) is 0. The number of rotatable bonds is 3. The van der Waals surface area contributed by atoms with Gasteiger partial charge >= 0.3 is 0 Å². The van der Waals surface area contributed by atoms with Crippen molar-refractivity contribution in [2.45, 2.75) is 31.9 Å². The topological polar surface area (TPSA) is 47.3 Å². The van der Waals surface area contributed by atoms with Crippen molar-refractivity contribution in [3.05, 3.63) is 28.8 Å². The van der Waals surface area contributed by atoms with Gasteiger partial charge in [-0.15, -0.1) is 0 Å². The number of ether oxygens (including phenoxy) is 1.